The van der Waals surface area contributed by atoms with Crippen LogP contribution in [0.4, 0.5) is 18.9 Å². The van der Waals surface area contributed by atoms with Gasteiger partial charge >= 0.3 is 0 Å². The lowest BCUT2D eigenvalue weighted by atomic mass is 10.2. The summed E-state index contributed by atoms with van der Waals surface area (Å²) in [5.41, 5.74) is -0.443. The standard InChI is InChI=1S/C17H18F3N3O2S/c1-23(9-14(24)21-7-6-11-3-2-8-26-11)10-15(25)22-13-5-4-12(18)16(19)17(13)20/h2-5,8H,6-7,9-10H2,1H3,(H,21,24)(H,22,25)/p+1. The van der Waals surface area contributed by atoms with Gasteiger partial charge < -0.3 is 15.5 Å². The molecule has 0 aliphatic heterocycles. The number of quaternary nitrogens is 1. The van der Waals surface area contributed by atoms with Crippen LogP contribution in [0.15, 0.2) is 29.6 Å². The molecule has 2 amide bonds. The molecule has 26 heavy (non-hydrogen) atoms. The first-order chi connectivity index (χ1) is 12.4. The van der Waals surface area contributed by atoms with E-state index < -0.39 is 29.0 Å². The second-order valence-corrected chi connectivity index (χ2v) is 6.79. The molecule has 3 N–H and O–H groups in total. The highest BCUT2D eigenvalue weighted by atomic mass is 32.1. The van der Waals surface area contributed by atoms with Crippen LogP contribution in [-0.4, -0.2) is 38.5 Å². The second kappa shape index (κ2) is 9.35. The number of amides is 2. The average molecular weight is 386 g/mol. The zero-order chi connectivity index (χ0) is 19.1. The van der Waals surface area contributed by atoms with Crippen molar-refractivity contribution in [2.45, 2.75) is 6.42 Å². The molecule has 0 bridgehead atoms. The molecule has 1 aromatic heterocycles. The minimum atomic E-state index is -1.64. The first-order valence-corrected chi connectivity index (χ1v) is 8.78. The molecule has 0 spiro atoms. The molecule has 0 fully saturated rings. The minimum Gasteiger partial charge on any atom is -0.351 e. The predicted octanol–water partition coefficient (Wildman–Crippen LogP) is 0.977. The molecule has 9 heteroatoms. The molecule has 2 rings (SSSR count). The number of thiophene rings is 1. The van der Waals surface area contributed by atoms with Gasteiger partial charge in [0.1, 0.15) is 0 Å². The smallest absolute Gasteiger partial charge is 0.279 e. The Bertz CT molecular complexity index is 769. The van der Waals surface area contributed by atoms with Crippen molar-refractivity contribution in [1.29, 1.82) is 0 Å². The Balaban J connectivity index is 1.74. The van der Waals surface area contributed by atoms with E-state index in [1.54, 1.807) is 18.4 Å². The van der Waals surface area contributed by atoms with Crippen molar-refractivity contribution >= 4 is 28.8 Å². The molecular weight excluding hydrogens is 367 g/mol. The monoisotopic (exact) mass is 386 g/mol. The molecule has 0 aliphatic rings. The van der Waals surface area contributed by atoms with E-state index in [0.29, 0.717) is 11.4 Å². The van der Waals surface area contributed by atoms with E-state index in [2.05, 4.69) is 10.6 Å². The number of halogens is 3. The Labute approximate surface area is 152 Å². The third-order valence-corrected chi connectivity index (χ3v) is 4.44. The molecule has 0 aliphatic carbocycles. The topological polar surface area (TPSA) is 62.6 Å². The second-order valence-electron chi connectivity index (χ2n) is 5.76. The fourth-order valence-electron chi connectivity index (χ4n) is 2.27. The molecule has 1 unspecified atom stereocenters. The fraction of sp³-hybridized carbons (Fsp3) is 0.294. The SMILES string of the molecule is C[NH+](CC(=O)NCCc1cccs1)CC(=O)Nc1ccc(F)c(F)c1F. The fourth-order valence-corrected chi connectivity index (χ4v) is 2.98. The highest BCUT2D eigenvalue weighted by Crippen LogP contribution is 2.19. The van der Waals surface area contributed by atoms with E-state index in [0.717, 1.165) is 18.6 Å². The Kier molecular flexibility index (Phi) is 7.16. The molecule has 1 heterocycles. The van der Waals surface area contributed by atoms with E-state index in [-0.39, 0.29) is 19.0 Å². The van der Waals surface area contributed by atoms with Crippen LogP contribution in [0, 0.1) is 17.5 Å². The van der Waals surface area contributed by atoms with Gasteiger partial charge in [-0.3, -0.25) is 9.59 Å². The highest BCUT2D eigenvalue weighted by molar-refractivity contribution is 7.09. The molecule has 140 valence electrons. The van der Waals surface area contributed by atoms with Crippen LogP contribution in [0.1, 0.15) is 4.88 Å². The van der Waals surface area contributed by atoms with Crippen LogP contribution in [0.3, 0.4) is 0 Å². The van der Waals surface area contributed by atoms with Gasteiger partial charge in [0.15, 0.2) is 30.5 Å². The molecule has 2 aromatic rings. The van der Waals surface area contributed by atoms with Gasteiger partial charge in [-0.1, -0.05) is 6.07 Å². The maximum absolute atomic E-state index is 13.5. The summed E-state index contributed by atoms with van der Waals surface area (Å²) in [7, 11) is 1.63. The summed E-state index contributed by atoms with van der Waals surface area (Å²) in [6.45, 7) is 0.424. The van der Waals surface area contributed by atoms with Gasteiger partial charge in [0, 0.05) is 11.4 Å². The highest BCUT2D eigenvalue weighted by Gasteiger charge is 2.18. The Morgan fingerprint density at radius 3 is 2.50 bits per heavy atom. The summed E-state index contributed by atoms with van der Waals surface area (Å²) in [6, 6.07) is 5.59. The molecule has 1 atom stereocenters. The van der Waals surface area contributed by atoms with Gasteiger partial charge in [-0.2, -0.15) is 0 Å². The molecule has 0 radical (unpaired) electrons. The molecule has 1 aromatic carbocycles. The number of carbonyl (C=O) groups is 2. The van der Waals surface area contributed by atoms with E-state index >= 15 is 0 Å². The van der Waals surface area contributed by atoms with Gasteiger partial charge in [0.2, 0.25) is 0 Å². The average Bonchev–Trinajstić information content (AvgIpc) is 3.08. The maximum atomic E-state index is 13.5. The first-order valence-electron chi connectivity index (χ1n) is 7.90. The molecular formula is C17H19F3N3O2S+. The number of anilines is 1. The Hall–Kier alpha value is -2.39. The van der Waals surface area contributed by atoms with Gasteiger partial charge in [0.25, 0.3) is 11.8 Å². The van der Waals surface area contributed by atoms with Crippen molar-refractivity contribution < 1.29 is 27.7 Å². The number of carbonyl (C=O) groups excluding carboxylic acids is 2. The lowest BCUT2D eigenvalue weighted by Gasteiger charge is -2.14. The number of likely N-dealkylation sites (N-methyl/N-ethyl adjacent to an activating group) is 1. The van der Waals surface area contributed by atoms with Crippen molar-refractivity contribution in [2.75, 3.05) is 32.0 Å². The van der Waals surface area contributed by atoms with Crippen molar-refractivity contribution in [3.05, 3.63) is 52.0 Å². The normalized spacial score (nSPS) is 11.8. The first kappa shape index (κ1) is 19.9. The van der Waals surface area contributed by atoms with E-state index in [1.807, 2.05) is 17.5 Å². The van der Waals surface area contributed by atoms with Gasteiger partial charge in [0.05, 0.1) is 12.7 Å². The third-order valence-electron chi connectivity index (χ3n) is 3.51. The third kappa shape index (κ3) is 5.85. The van der Waals surface area contributed by atoms with Crippen molar-refractivity contribution in [3.8, 4) is 0 Å². The number of hydrogen-bond donors (Lipinski definition) is 3. The van der Waals surface area contributed by atoms with Crippen LogP contribution < -0.4 is 15.5 Å². The summed E-state index contributed by atoms with van der Waals surface area (Å²) in [6.07, 6.45) is 0.734. The molecule has 0 saturated heterocycles. The maximum Gasteiger partial charge on any atom is 0.279 e. The largest absolute Gasteiger partial charge is 0.351 e. The molecule has 5 nitrogen and oxygen atoms in total. The summed E-state index contributed by atoms with van der Waals surface area (Å²) in [4.78, 5) is 25.5. The lowest BCUT2D eigenvalue weighted by Crippen LogP contribution is -3.11. The van der Waals surface area contributed by atoms with Crippen LogP contribution in [-0.2, 0) is 16.0 Å². The van der Waals surface area contributed by atoms with Crippen LogP contribution in [0.5, 0.6) is 0 Å². The van der Waals surface area contributed by atoms with Crippen LogP contribution in [0.25, 0.3) is 0 Å². The van der Waals surface area contributed by atoms with E-state index in [9.17, 15) is 22.8 Å². The minimum absolute atomic E-state index is 0.0537. The number of hydrogen-bond acceptors (Lipinski definition) is 3. The van der Waals surface area contributed by atoms with Gasteiger partial charge in [-0.05, 0) is 30.0 Å². The van der Waals surface area contributed by atoms with Crippen molar-refractivity contribution in [3.63, 3.8) is 0 Å². The molecule has 0 saturated carbocycles. The lowest BCUT2D eigenvalue weighted by molar-refractivity contribution is -0.862. The Morgan fingerprint density at radius 2 is 1.81 bits per heavy atom. The quantitative estimate of drug-likeness (QED) is 0.593. The summed E-state index contributed by atoms with van der Waals surface area (Å²) in [5.74, 6) is -5.26. The summed E-state index contributed by atoms with van der Waals surface area (Å²) in [5, 5.41) is 6.90. The number of nitrogens with one attached hydrogen (secondary N) is 3. The van der Waals surface area contributed by atoms with Gasteiger partial charge in [-0.25, -0.2) is 13.2 Å². The number of rotatable bonds is 8. The zero-order valence-electron chi connectivity index (χ0n) is 14.1. The van der Waals surface area contributed by atoms with Crippen molar-refractivity contribution in [1.82, 2.24) is 5.32 Å². The van der Waals surface area contributed by atoms with Crippen molar-refractivity contribution in [2.24, 2.45) is 0 Å². The Morgan fingerprint density at radius 1 is 1.08 bits per heavy atom. The van der Waals surface area contributed by atoms with E-state index in [4.69, 9.17) is 0 Å². The zero-order valence-corrected chi connectivity index (χ0v) is 14.9. The van der Waals surface area contributed by atoms with Crippen LogP contribution in [0.2, 0.25) is 0 Å². The van der Waals surface area contributed by atoms with E-state index in [1.165, 1.54) is 4.88 Å². The van der Waals surface area contributed by atoms with Crippen LogP contribution >= 0.6 is 11.3 Å². The summed E-state index contributed by atoms with van der Waals surface area (Å²) >= 11 is 1.61. The summed E-state index contributed by atoms with van der Waals surface area (Å²) < 4.78 is 39.5. The van der Waals surface area contributed by atoms with Gasteiger partial charge in [-0.15, -0.1) is 11.3 Å². The predicted molar refractivity (Wildman–Crippen MR) is 92.6 cm³/mol. The number of benzene rings is 1.